The van der Waals surface area contributed by atoms with Gasteiger partial charge in [-0.3, -0.25) is 10.1 Å². The van der Waals surface area contributed by atoms with Crippen LogP contribution in [0, 0.1) is 21.4 Å². The summed E-state index contributed by atoms with van der Waals surface area (Å²) in [5.74, 6) is -0.182. The lowest BCUT2D eigenvalue weighted by molar-refractivity contribution is -0.384. The molecule has 0 aliphatic heterocycles. The highest BCUT2D eigenvalue weighted by Crippen LogP contribution is 2.27. The van der Waals surface area contributed by atoms with Crippen molar-refractivity contribution in [3.63, 3.8) is 0 Å². The Morgan fingerprint density at radius 3 is 2.89 bits per heavy atom. The van der Waals surface area contributed by atoms with Crippen LogP contribution in [0.2, 0.25) is 0 Å². The maximum atomic E-state index is 10.6. The summed E-state index contributed by atoms with van der Waals surface area (Å²) < 4.78 is 0. The van der Waals surface area contributed by atoms with Crippen molar-refractivity contribution in [1.29, 1.82) is 5.26 Å². The Bertz CT molecular complexity index is 683. The molecular weight excluding hydrogens is 266 g/mol. The summed E-state index contributed by atoms with van der Waals surface area (Å²) in [6.07, 6.45) is 1.07. The second-order valence-electron chi connectivity index (χ2n) is 3.42. The Hall–Kier alpha value is -2.66. The first-order valence-corrected chi connectivity index (χ1v) is 5.86. The predicted octanol–water partition coefficient (Wildman–Crippen LogP) is 1.99. The van der Waals surface area contributed by atoms with E-state index in [1.165, 1.54) is 11.8 Å². The first kappa shape index (κ1) is 12.8. The van der Waals surface area contributed by atoms with E-state index in [1.807, 2.05) is 6.07 Å². The maximum absolute atomic E-state index is 10.6. The fraction of sp³-hybridized carbons (Fsp3) is 0. The van der Waals surface area contributed by atoms with Crippen LogP contribution >= 0.6 is 11.8 Å². The van der Waals surface area contributed by atoms with Gasteiger partial charge in [-0.1, -0.05) is 6.07 Å². The standard InChI is InChI=1S/C11H7N5O2S/c12-5-7-2-1-3-8(4-7)19-11-14-6-9(16(17)18)10(13)15-11/h1-4,6H,(H2,13,14,15). The zero-order chi connectivity index (χ0) is 13.8. The Morgan fingerprint density at radius 2 is 2.26 bits per heavy atom. The van der Waals surface area contributed by atoms with E-state index in [0.29, 0.717) is 5.56 Å². The molecule has 0 aliphatic rings. The number of rotatable bonds is 3. The molecular formula is C11H7N5O2S. The van der Waals surface area contributed by atoms with Crippen molar-refractivity contribution in [1.82, 2.24) is 9.97 Å². The van der Waals surface area contributed by atoms with Gasteiger partial charge in [-0.2, -0.15) is 10.2 Å². The van der Waals surface area contributed by atoms with E-state index in [1.54, 1.807) is 24.3 Å². The van der Waals surface area contributed by atoms with Crippen molar-refractivity contribution in [3.8, 4) is 6.07 Å². The molecule has 94 valence electrons. The van der Waals surface area contributed by atoms with Gasteiger partial charge in [0.05, 0.1) is 16.6 Å². The highest BCUT2D eigenvalue weighted by atomic mass is 32.2. The molecule has 0 saturated carbocycles. The minimum Gasteiger partial charge on any atom is -0.378 e. The van der Waals surface area contributed by atoms with Gasteiger partial charge in [0.25, 0.3) is 0 Å². The summed E-state index contributed by atoms with van der Waals surface area (Å²) in [5.41, 5.74) is 5.66. The Balaban J connectivity index is 2.26. The maximum Gasteiger partial charge on any atom is 0.329 e. The summed E-state index contributed by atoms with van der Waals surface area (Å²) in [6.45, 7) is 0. The molecule has 0 fully saturated rings. The SMILES string of the molecule is N#Cc1cccc(Sc2ncc([N+](=O)[O-])c(N)n2)c1. The second-order valence-corrected chi connectivity index (χ2v) is 4.46. The van der Waals surface area contributed by atoms with Crippen molar-refractivity contribution >= 4 is 23.3 Å². The summed E-state index contributed by atoms with van der Waals surface area (Å²) in [5, 5.41) is 19.7. The molecule has 2 N–H and O–H groups in total. The van der Waals surface area contributed by atoms with Crippen LogP contribution < -0.4 is 5.73 Å². The summed E-state index contributed by atoms with van der Waals surface area (Å²) in [7, 11) is 0. The van der Waals surface area contributed by atoms with E-state index >= 15 is 0 Å². The molecule has 1 aromatic heterocycles. The third kappa shape index (κ3) is 2.97. The number of hydrogen-bond donors (Lipinski definition) is 1. The number of hydrogen-bond acceptors (Lipinski definition) is 7. The number of nitrogens with zero attached hydrogens (tertiary/aromatic N) is 4. The van der Waals surface area contributed by atoms with Crippen LogP contribution in [0.3, 0.4) is 0 Å². The number of aromatic nitrogens is 2. The van der Waals surface area contributed by atoms with E-state index in [0.717, 1.165) is 11.1 Å². The number of nitrogen functional groups attached to an aromatic ring is 1. The second kappa shape index (κ2) is 5.32. The van der Waals surface area contributed by atoms with Gasteiger partial charge in [0.15, 0.2) is 5.16 Å². The molecule has 8 heteroatoms. The van der Waals surface area contributed by atoms with E-state index < -0.39 is 4.92 Å². The number of nitro groups is 1. The minimum atomic E-state index is -0.639. The molecule has 1 heterocycles. The predicted molar refractivity (Wildman–Crippen MR) is 68.4 cm³/mol. The molecule has 0 radical (unpaired) electrons. The van der Waals surface area contributed by atoms with Gasteiger partial charge in [-0.05, 0) is 30.0 Å². The summed E-state index contributed by atoms with van der Waals surface area (Å²) in [6, 6.07) is 8.88. The van der Waals surface area contributed by atoms with Crippen molar-refractivity contribution in [3.05, 3.63) is 46.1 Å². The highest BCUT2D eigenvalue weighted by Gasteiger charge is 2.14. The number of benzene rings is 1. The van der Waals surface area contributed by atoms with Crippen LogP contribution in [-0.4, -0.2) is 14.9 Å². The van der Waals surface area contributed by atoms with Gasteiger partial charge in [-0.25, -0.2) is 4.98 Å². The average Bonchev–Trinajstić information content (AvgIpc) is 2.38. The molecule has 0 saturated heterocycles. The minimum absolute atomic E-state index is 0.182. The van der Waals surface area contributed by atoms with Gasteiger partial charge >= 0.3 is 5.69 Å². The van der Waals surface area contributed by atoms with Gasteiger partial charge in [-0.15, -0.1) is 0 Å². The highest BCUT2D eigenvalue weighted by molar-refractivity contribution is 7.99. The lowest BCUT2D eigenvalue weighted by Gasteiger charge is -2.01. The fourth-order valence-electron chi connectivity index (χ4n) is 1.30. The third-order valence-electron chi connectivity index (χ3n) is 2.14. The van der Waals surface area contributed by atoms with E-state index in [2.05, 4.69) is 9.97 Å². The Labute approximate surface area is 112 Å². The van der Waals surface area contributed by atoms with Crippen LogP contribution in [-0.2, 0) is 0 Å². The van der Waals surface area contributed by atoms with Crippen LogP contribution in [0.4, 0.5) is 11.5 Å². The largest absolute Gasteiger partial charge is 0.378 e. The lowest BCUT2D eigenvalue weighted by atomic mass is 10.2. The molecule has 0 amide bonds. The molecule has 0 unspecified atom stereocenters. The lowest BCUT2D eigenvalue weighted by Crippen LogP contribution is -2.00. The molecule has 0 aliphatic carbocycles. The Morgan fingerprint density at radius 1 is 1.47 bits per heavy atom. The van der Waals surface area contributed by atoms with E-state index in [9.17, 15) is 10.1 Å². The number of nitrogens with two attached hydrogens (primary N) is 1. The zero-order valence-electron chi connectivity index (χ0n) is 9.48. The van der Waals surface area contributed by atoms with Crippen LogP contribution in [0.1, 0.15) is 5.56 Å². The molecule has 2 rings (SSSR count). The van der Waals surface area contributed by atoms with Gasteiger partial charge in [0.2, 0.25) is 5.82 Å². The normalized spacial score (nSPS) is 9.84. The van der Waals surface area contributed by atoms with Crippen molar-refractivity contribution in [2.45, 2.75) is 10.1 Å². The van der Waals surface area contributed by atoms with Crippen molar-refractivity contribution in [2.75, 3.05) is 5.73 Å². The Kier molecular flexibility index (Phi) is 3.58. The summed E-state index contributed by atoms with van der Waals surface area (Å²) >= 11 is 1.18. The van der Waals surface area contributed by atoms with Crippen molar-refractivity contribution in [2.24, 2.45) is 0 Å². The van der Waals surface area contributed by atoms with Crippen LogP contribution in [0.15, 0.2) is 40.5 Å². The number of anilines is 1. The van der Waals surface area contributed by atoms with Gasteiger partial charge in [0, 0.05) is 4.90 Å². The van der Waals surface area contributed by atoms with E-state index in [4.69, 9.17) is 11.0 Å². The first-order valence-electron chi connectivity index (χ1n) is 5.05. The quantitative estimate of drug-likeness (QED) is 0.516. The smallest absolute Gasteiger partial charge is 0.329 e. The third-order valence-corrected chi connectivity index (χ3v) is 3.01. The zero-order valence-corrected chi connectivity index (χ0v) is 10.3. The van der Waals surface area contributed by atoms with Gasteiger partial charge in [0.1, 0.15) is 6.20 Å². The topological polar surface area (TPSA) is 119 Å². The first-order chi connectivity index (χ1) is 9.10. The molecule has 0 spiro atoms. The molecule has 7 nitrogen and oxygen atoms in total. The van der Waals surface area contributed by atoms with Gasteiger partial charge < -0.3 is 5.73 Å². The number of nitriles is 1. The monoisotopic (exact) mass is 273 g/mol. The molecule has 2 aromatic rings. The molecule has 0 atom stereocenters. The van der Waals surface area contributed by atoms with Crippen LogP contribution in [0.25, 0.3) is 0 Å². The molecule has 0 bridgehead atoms. The molecule has 19 heavy (non-hydrogen) atoms. The van der Waals surface area contributed by atoms with Crippen LogP contribution in [0.5, 0.6) is 0 Å². The summed E-state index contributed by atoms with van der Waals surface area (Å²) in [4.78, 5) is 18.4. The van der Waals surface area contributed by atoms with Crippen molar-refractivity contribution < 1.29 is 4.92 Å². The van der Waals surface area contributed by atoms with E-state index in [-0.39, 0.29) is 16.7 Å². The molecule has 1 aromatic carbocycles. The fourth-order valence-corrected chi connectivity index (χ4v) is 2.09. The average molecular weight is 273 g/mol.